The van der Waals surface area contributed by atoms with Crippen LogP contribution in [0.2, 0.25) is 0 Å². The molecule has 2 amide bonds. The van der Waals surface area contributed by atoms with E-state index < -0.39 is 30.0 Å². The van der Waals surface area contributed by atoms with Gasteiger partial charge in [-0.05, 0) is 46.1 Å². The minimum atomic E-state index is -1.18. The van der Waals surface area contributed by atoms with E-state index in [1.807, 2.05) is 65.8 Å². The number of carbonyl (C=O) groups excluding carboxylic acids is 2. The summed E-state index contributed by atoms with van der Waals surface area (Å²) >= 11 is 0. The number of H-pyrrole nitrogens is 2. The molecule has 5 atom stereocenters. The molecular formula is C39H48F2N8O2. The third-order valence-corrected chi connectivity index (χ3v) is 9.67. The predicted octanol–water partition coefficient (Wildman–Crippen LogP) is 6.46. The fourth-order valence-electron chi connectivity index (χ4n) is 6.59. The standard InChI is InChI=1S/C39H48F2N8O2/c1-37(2,3)31(48-35(50)28-16-26(40)18-42-28)33-43-20-29(46-33)24-12-8-22(9-13-24)23-10-14-25(15-11-23)30-21-44-34(47-30)32(38(4,5)6)49-36(51)39(7)17-27(41)19-45-39/h8-16,20-21,26-27,31-32,42,45H,17-19H2,1-7H3,(H,43,46)(H,44,47)(H,48,50)(H,49,51)/t26-,27-,31-,32-,39+/m1/s1. The normalized spacial score (nSPS) is 21.9. The van der Waals surface area contributed by atoms with Crippen LogP contribution in [0.1, 0.15) is 78.6 Å². The molecule has 4 aromatic rings. The van der Waals surface area contributed by atoms with Crippen molar-refractivity contribution in [2.45, 2.75) is 84.9 Å². The molecule has 1 fully saturated rings. The van der Waals surface area contributed by atoms with Gasteiger partial charge in [-0.1, -0.05) is 90.1 Å². The lowest BCUT2D eigenvalue weighted by Crippen LogP contribution is -2.53. The highest BCUT2D eigenvalue weighted by Crippen LogP contribution is 2.35. The number of alkyl halides is 2. The lowest BCUT2D eigenvalue weighted by atomic mass is 9.85. The molecule has 51 heavy (non-hydrogen) atoms. The van der Waals surface area contributed by atoms with Crippen LogP contribution in [0.3, 0.4) is 0 Å². The SMILES string of the molecule is CC(C)(C)[C@H](NC(=O)C1=C[C@@H](F)CN1)c1ncc(-c2ccc(-c3ccc(-c4cnc([C@@H](NC(=O)[C@]5(C)C[C@@H](F)CN5)C(C)(C)C)[nH]4)cc3)cc2)[nH]1. The quantitative estimate of drug-likeness (QED) is 0.119. The van der Waals surface area contributed by atoms with Crippen LogP contribution in [-0.4, -0.2) is 62.7 Å². The first-order chi connectivity index (χ1) is 24.0. The van der Waals surface area contributed by atoms with E-state index in [0.29, 0.717) is 11.6 Å². The van der Waals surface area contributed by atoms with Gasteiger partial charge in [0.1, 0.15) is 24.0 Å². The number of aromatic amines is 2. The van der Waals surface area contributed by atoms with Crippen LogP contribution >= 0.6 is 0 Å². The number of rotatable bonds is 9. The van der Waals surface area contributed by atoms with Crippen molar-refractivity contribution in [1.29, 1.82) is 0 Å². The Balaban J connectivity index is 1.13. The molecule has 0 spiro atoms. The van der Waals surface area contributed by atoms with Crippen molar-refractivity contribution in [3.05, 3.63) is 84.3 Å². The molecule has 12 heteroatoms. The lowest BCUT2D eigenvalue weighted by molar-refractivity contribution is -0.128. The van der Waals surface area contributed by atoms with Crippen molar-refractivity contribution in [2.24, 2.45) is 10.8 Å². The van der Waals surface area contributed by atoms with E-state index in [-0.39, 0.29) is 47.9 Å². The Kier molecular flexibility index (Phi) is 9.67. The molecule has 0 radical (unpaired) electrons. The molecule has 2 aliphatic rings. The van der Waals surface area contributed by atoms with Gasteiger partial charge in [0.25, 0.3) is 5.91 Å². The summed E-state index contributed by atoms with van der Waals surface area (Å²) in [5, 5.41) is 12.0. The number of nitrogens with zero attached hydrogens (tertiary/aromatic N) is 2. The van der Waals surface area contributed by atoms with E-state index >= 15 is 0 Å². The second-order valence-electron chi connectivity index (χ2n) is 16.1. The number of amides is 2. The molecule has 0 bridgehead atoms. The van der Waals surface area contributed by atoms with Gasteiger partial charge in [0.05, 0.1) is 47.1 Å². The Morgan fingerprint density at radius 2 is 1.24 bits per heavy atom. The summed E-state index contributed by atoms with van der Waals surface area (Å²) in [5.74, 6) is 0.656. The number of hydrogen-bond donors (Lipinski definition) is 6. The van der Waals surface area contributed by atoms with Gasteiger partial charge in [-0.2, -0.15) is 0 Å². The minimum Gasteiger partial charge on any atom is -0.378 e. The third-order valence-electron chi connectivity index (χ3n) is 9.67. The summed E-state index contributed by atoms with van der Waals surface area (Å²) in [6.07, 6.45) is 2.75. The molecule has 2 aromatic carbocycles. The van der Waals surface area contributed by atoms with Gasteiger partial charge in [0.2, 0.25) is 5.91 Å². The van der Waals surface area contributed by atoms with Gasteiger partial charge in [-0.15, -0.1) is 0 Å². The zero-order chi connectivity index (χ0) is 36.7. The van der Waals surface area contributed by atoms with Crippen molar-refractivity contribution in [3.63, 3.8) is 0 Å². The van der Waals surface area contributed by atoms with E-state index in [2.05, 4.69) is 65.5 Å². The van der Waals surface area contributed by atoms with Gasteiger partial charge in [-0.3, -0.25) is 9.59 Å². The number of carbonyl (C=O) groups is 2. The maximum Gasteiger partial charge on any atom is 0.267 e. The smallest absolute Gasteiger partial charge is 0.267 e. The number of imidazole rings is 2. The topological polar surface area (TPSA) is 140 Å². The van der Waals surface area contributed by atoms with Crippen LogP contribution in [0.15, 0.2) is 72.7 Å². The summed E-state index contributed by atoms with van der Waals surface area (Å²) in [5.41, 5.74) is 4.19. The highest BCUT2D eigenvalue weighted by Gasteiger charge is 2.43. The van der Waals surface area contributed by atoms with E-state index in [1.165, 1.54) is 6.08 Å². The molecule has 4 heterocycles. The summed E-state index contributed by atoms with van der Waals surface area (Å²) in [4.78, 5) is 42.1. The Labute approximate surface area is 297 Å². The molecule has 6 rings (SSSR count). The van der Waals surface area contributed by atoms with Crippen LogP contribution < -0.4 is 21.3 Å². The Morgan fingerprint density at radius 3 is 1.65 bits per heavy atom. The zero-order valence-corrected chi connectivity index (χ0v) is 30.2. The molecule has 6 N–H and O–H groups in total. The largest absolute Gasteiger partial charge is 0.378 e. The lowest BCUT2D eigenvalue weighted by Gasteiger charge is -2.33. The van der Waals surface area contributed by atoms with Crippen molar-refractivity contribution in [1.82, 2.24) is 41.2 Å². The Bertz CT molecular complexity index is 1900. The molecule has 0 aliphatic carbocycles. The monoisotopic (exact) mass is 698 g/mol. The van der Waals surface area contributed by atoms with Gasteiger partial charge in [0.15, 0.2) is 0 Å². The van der Waals surface area contributed by atoms with Gasteiger partial charge in [0, 0.05) is 19.5 Å². The van der Waals surface area contributed by atoms with E-state index in [4.69, 9.17) is 0 Å². The Morgan fingerprint density at radius 1 is 0.765 bits per heavy atom. The first kappa shape index (κ1) is 36.0. The van der Waals surface area contributed by atoms with Crippen LogP contribution in [-0.2, 0) is 9.59 Å². The summed E-state index contributed by atoms with van der Waals surface area (Å²) in [7, 11) is 0. The maximum absolute atomic E-state index is 13.9. The second kappa shape index (κ2) is 13.7. The second-order valence-corrected chi connectivity index (χ2v) is 16.1. The number of nitrogens with one attached hydrogen (secondary N) is 6. The summed E-state index contributed by atoms with van der Waals surface area (Å²) in [6.45, 7) is 14.2. The molecule has 10 nitrogen and oxygen atoms in total. The van der Waals surface area contributed by atoms with Crippen molar-refractivity contribution < 1.29 is 18.4 Å². The predicted molar refractivity (Wildman–Crippen MR) is 195 cm³/mol. The molecule has 0 saturated carbocycles. The average molecular weight is 699 g/mol. The van der Waals surface area contributed by atoms with Crippen LogP contribution in [0, 0.1) is 10.8 Å². The van der Waals surface area contributed by atoms with E-state index in [9.17, 15) is 18.4 Å². The average Bonchev–Trinajstić information content (AvgIpc) is 3.90. The molecular weight excluding hydrogens is 650 g/mol. The molecule has 1 saturated heterocycles. The van der Waals surface area contributed by atoms with Gasteiger partial charge in [-0.25, -0.2) is 18.7 Å². The number of benzene rings is 2. The van der Waals surface area contributed by atoms with Gasteiger partial charge < -0.3 is 31.2 Å². The molecule has 2 aliphatic heterocycles. The minimum absolute atomic E-state index is 0.0996. The first-order valence-corrected chi connectivity index (χ1v) is 17.4. The first-order valence-electron chi connectivity index (χ1n) is 17.4. The van der Waals surface area contributed by atoms with Crippen molar-refractivity contribution in [3.8, 4) is 33.6 Å². The highest BCUT2D eigenvalue weighted by molar-refractivity contribution is 5.93. The number of halogens is 2. The number of aromatic nitrogens is 4. The van der Waals surface area contributed by atoms with E-state index in [0.717, 1.165) is 33.6 Å². The van der Waals surface area contributed by atoms with E-state index in [1.54, 1.807) is 19.3 Å². The molecule has 270 valence electrons. The highest BCUT2D eigenvalue weighted by atomic mass is 19.1. The maximum atomic E-state index is 13.9. The fourth-order valence-corrected chi connectivity index (χ4v) is 6.59. The Hall–Kier alpha value is -4.84. The van der Waals surface area contributed by atoms with Gasteiger partial charge >= 0.3 is 0 Å². The fraction of sp³-hybridized carbons (Fsp3) is 0.436. The molecule has 0 unspecified atom stereocenters. The zero-order valence-electron chi connectivity index (χ0n) is 30.2. The number of hydrogen-bond acceptors (Lipinski definition) is 6. The van der Waals surface area contributed by atoms with Crippen LogP contribution in [0.5, 0.6) is 0 Å². The van der Waals surface area contributed by atoms with Crippen LogP contribution in [0.4, 0.5) is 8.78 Å². The van der Waals surface area contributed by atoms with Crippen LogP contribution in [0.25, 0.3) is 33.6 Å². The summed E-state index contributed by atoms with van der Waals surface area (Å²) in [6, 6.07) is 15.5. The summed E-state index contributed by atoms with van der Waals surface area (Å²) < 4.78 is 27.6. The van der Waals surface area contributed by atoms with Crippen molar-refractivity contribution in [2.75, 3.05) is 13.1 Å². The molecule has 2 aromatic heterocycles. The third kappa shape index (κ3) is 7.90. The van der Waals surface area contributed by atoms with Crippen molar-refractivity contribution >= 4 is 11.8 Å².